The zero-order valence-corrected chi connectivity index (χ0v) is 24.3. The normalized spacial score (nSPS) is 17.4. The Bertz CT molecular complexity index is 1570. The summed E-state index contributed by atoms with van der Waals surface area (Å²) < 4.78 is 31.6. The molecule has 1 aromatic heterocycles. The molecule has 2 aromatic carbocycles. The number of fused-ring (bicyclic) bond motifs is 1. The highest BCUT2D eigenvalue weighted by Gasteiger charge is 2.26. The van der Waals surface area contributed by atoms with Gasteiger partial charge in [0, 0.05) is 75.3 Å². The number of piperidine rings is 1. The Kier molecular flexibility index (Phi) is 8.82. The lowest BCUT2D eigenvalue weighted by Crippen LogP contribution is -2.47. The number of hydrogen-bond acceptors (Lipinski definition) is 8. The second-order valence-corrected chi connectivity index (χ2v) is 11.3. The van der Waals surface area contributed by atoms with E-state index < -0.39 is 13.0 Å². The number of allylic oxidation sites excluding steroid dienone is 1. The molecule has 2 aliphatic heterocycles. The molecular weight excluding hydrogens is 566 g/mol. The summed E-state index contributed by atoms with van der Waals surface area (Å²) in [7, 11) is 0. The first kappa shape index (κ1) is 29.7. The van der Waals surface area contributed by atoms with Crippen molar-refractivity contribution in [2.45, 2.75) is 31.8 Å². The van der Waals surface area contributed by atoms with Gasteiger partial charge in [-0.3, -0.25) is 9.69 Å². The maximum Gasteiger partial charge on any atom is 0.251 e. The summed E-state index contributed by atoms with van der Waals surface area (Å²) in [5, 5.41) is 19.0. The van der Waals surface area contributed by atoms with E-state index in [4.69, 9.17) is 9.84 Å². The number of nitrogens with zero attached hydrogens (tertiary/aromatic N) is 6. The van der Waals surface area contributed by atoms with E-state index in [9.17, 15) is 18.8 Å². The number of ether oxygens (including phenoxy) is 1. The summed E-state index contributed by atoms with van der Waals surface area (Å²) >= 11 is 0. The number of likely N-dealkylation sites (tertiary alicyclic amines) is 1. The predicted molar refractivity (Wildman–Crippen MR) is 162 cm³/mol. The third kappa shape index (κ3) is 6.42. The quantitative estimate of drug-likeness (QED) is 0.416. The molecule has 3 aliphatic rings. The molecule has 0 atom stereocenters. The van der Waals surface area contributed by atoms with Crippen LogP contribution >= 0.6 is 0 Å². The fourth-order valence-electron chi connectivity index (χ4n) is 6.19. The maximum absolute atomic E-state index is 12.7. The van der Waals surface area contributed by atoms with Gasteiger partial charge in [0.2, 0.25) is 5.91 Å². The first-order valence-corrected chi connectivity index (χ1v) is 14.9. The van der Waals surface area contributed by atoms with Crippen LogP contribution < -0.4 is 9.64 Å². The molecule has 1 aliphatic carbocycles. The van der Waals surface area contributed by atoms with Crippen LogP contribution in [0.15, 0.2) is 48.8 Å². The molecule has 0 bridgehead atoms. The lowest BCUT2D eigenvalue weighted by Gasteiger charge is -2.36. The van der Waals surface area contributed by atoms with Gasteiger partial charge in [-0.25, -0.2) is 18.7 Å². The molecule has 3 aromatic rings. The number of carbonyl (C=O) groups excluding carboxylic acids is 1. The standard InChI is InChI=1S/C33H34F2N6O3/c34-31(35)19-39-11-13-40(14-12-39)26-4-1-22(2-5-26)24-16-28-29(17-24)37-21-38-33(28)23-3-6-30(25(15-23)18-36)44-27-7-9-41(10-8-27)32(43)20-42/h1-6,15-16,21,27,31,42H,7-14,17,19-20H2. The van der Waals surface area contributed by atoms with Gasteiger partial charge in [-0.15, -0.1) is 0 Å². The van der Waals surface area contributed by atoms with Crippen molar-refractivity contribution >= 4 is 23.2 Å². The minimum absolute atomic E-state index is 0.119. The van der Waals surface area contributed by atoms with Crippen molar-refractivity contribution in [1.29, 1.82) is 5.26 Å². The molecule has 44 heavy (non-hydrogen) atoms. The zero-order chi connectivity index (χ0) is 30.6. The van der Waals surface area contributed by atoms with Crippen LogP contribution in [-0.4, -0.2) is 95.7 Å². The molecule has 6 rings (SSSR count). The minimum atomic E-state index is -2.30. The summed E-state index contributed by atoms with van der Waals surface area (Å²) in [4.78, 5) is 26.5. The Balaban J connectivity index is 1.14. The number of rotatable bonds is 8. The summed E-state index contributed by atoms with van der Waals surface area (Å²) in [6.45, 7) is 3.05. The molecule has 1 amide bonds. The molecular formula is C33H34F2N6O3. The van der Waals surface area contributed by atoms with Crippen LogP contribution in [0.4, 0.5) is 14.5 Å². The second-order valence-electron chi connectivity index (χ2n) is 11.3. The number of piperazine rings is 1. The lowest BCUT2D eigenvalue weighted by molar-refractivity contribution is -0.135. The maximum atomic E-state index is 12.7. The molecule has 0 saturated carbocycles. The van der Waals surface area contributed by atoms with E-state index in [0.29, 0.717) is 56.8 Å². The van der Waals surface area contributed by atoms with Gasteiger partial charge < -0.3 is 19.6 Å². The van der Waals surface area contributed by atoms with Crippen LogP contribution in [0, 0.1) is 11.3 Å². The Labute approximate surface area is 255 Å². The van der Waals surface area contributed by atoms with Crippen LogP contribution in [0.1, 0.15) is 35.2 Å². The van der Waals surface area contributed by atoms with Crippen LogP contribution in [-0.2, 0) is 11.2 Å². The van der Waals surface area contributed by atoms with Gasteiger partial charge in [0.05, 0.1) is 23.5 Å². The van der Waals surface area contributed by atoms with Crippen molar-refractivity contribution in [2.24, 2.45) is 0 Å². The van der Waals surface area contributed by atoms with Crippen molar-refractivity contribution in [3.05, 3.63) is 71.2 Å². The van der Waals surface area contributed by atoms with E-state index in [1.165, 1.54) is 0 Å². The van der Waals surface area contributed by atoms with E-state index in [0.717, 1.165) is 52.4 Å². The average Bonchev–Trinajstić information content (AvgIpc) is 3.50. The van der Waals surface area contributed by atoms with Gasteiger partial charge >= 0.3 is 0 Å². The number of nitriles is 1. The Morgan fingerprint density at radius 2 is 1.75 bits per heavy atom. The zero-order valence-electron chi connectivity index (χ0n) is 24.3. The number of halogens is 2. The molecule has 9 nitrogen and oxygen atoms in total. The number of carbonyl (C=O) groups is 1. The summed E-state index contributed by atoms with van der Waals surface area (Å²) in [5.41, 5.74) is 7.11. The molecule has 2 fully saturated rings. The van der Waals surface area contributed by atoms with E-state index in [1.54, 1.807) is 23.4 Å². The number of benzene rings is 2. The smallest absolute Gasteiger partial charge is 0.251 e. The second kappa shape index (κ2) is 13.1. The van der Waals surface area contributed by atoms with Gasteiger partial charge in [0.1, 0.15) is 30.9 Å². The van der Waals surface area contributed by atoms with Gasteiger partial charge in [-0.1, -0.05) is 12.1 Å². The minimum Gasteiger partial charge on any atom is -0.489 e. The number of aliphatic hydroxyl groups is 1. The third-order valence-corrected chi connectivity index (χ3v) is 8.61. The topological polar surface area (TPSA) is 106 Å². The highest BCUT2D eigenvalue weighted by Crippen LogP contribution is 2.37. The van der Waals surface area contributed by atoms with Crippen LogP contribution in [0.2, 0.25) is 0 Å². The van der Waals surface area contributed by atoms with Crippen molar-refractivity contribution in [3.63, 3.8) is 0 Å². The molecule has 0 spiro atoms. The third-order valence-electron chi connectivity index (χ3n) is 8.61. The van der Waals surface area contributed by atoms with Crippen molar-refractivity contribution in [2.75, 3.05) is 57.3 Å². The number of hydrogen-bond donors (Lipinski definition) is 1. The molecule has 0 radical (unpaired) electrons. The lowest BCUT2D eigenvalue weighted by atomic mass is 10.0. The SMILES string of the molecule is N#Cc1cc(-c2ncnc3c2C=C(c2ccc(N4CCN(CC(F)F)CC4)cc2)C3)ccc1OC1CCN(C(=O)CO)CC1. The number of aliphatic hydroxyl groups excluding tert-OH is 1. The van der Waals surface area contributed by atoms with E-state index in [1.807, 2.05) is 11.0 Å². The largest absolute Gasteiger partial charge is 0.489 e. The molecule has 2 saturated heterocycles. The monoisotopic (exact) mass is 600 g/mol. The van der Waals surface area contributed by atoms with Crippen molar-refractivity contribution in [1.82, 2.24) is 19.8 Å². The van der Waals surface area contributed by atoms with Gasteiger partial charge in [0.25, 0.3) is 6.43 Å². The van der Waals surface area contributed by atoms with Gasteiger partial charge in [-0.05, 0) is 47.5 Å². The van der Waals surface area contributed by atoms with E-state index in [-0.39, 0.29) is 18.6 Å². The Hall–Kier alpha value is -4.40. The van der Waals surface area contributed by atoms with E-state index >= 15 is 0 Å². The number of anilines is 1. The van der Waals surface area contributed by atoms with Crippen LogP contribution in [0.3, 0.4) is 0 Å². The fourth-order valence-corrected chi connectivity index (χ4v) is 6.19. The van der Waals surface area contributed by atoms with Crippen molar-refractivity contribution < 1.29 is 23.4 Å². The predicted octanol–water partition coefficient (Wildman–Crippen LogP) is 3.86. The number of amides is 1. The summed E-state index contributed by atoms with van der Waals surface area (Å²) in [6, 6.07) is 16.1. The Morgan fingerprint density at radius 3 is 2.43 bits per heavy atom. The molecule has 3 heterocycles. The van der Waals surface area contributed by atoms with Crippen LogP contribution in [0.25, 0.3) is 22.9 Å². The number of alkyl halides is 2. The first-order chi connectivity index (χ1) is 21.4. The molecule has 1 N–H and O–H groups in total. The molecule has 11 heteroatoms. The van der Waals surface area contributed by atoms with E-state index in [2.05, 4.69) is 51.3 Å². The highest BCUT2D eigenvalue weighted by molar-refractivity contribution is 5.92. The average molecular weight is 601 g/mol. The molecule has 0 unspecified atom stereocenters. The van der Waals surface area contributed by atoms with Gasteiger partial charge in [-0.2, -0.15) is 5.26 Å². The number of aromatic nitrogens is 2. The first-order valence-electron chi connectivity index (χ1n) is 14.9. The van der Waals surface area contributed by atoms with Crippen molar-refractivity contribution in [3.8, 4) is 23.1 Å². The Morgan fingerprint density at radius 1 is 1.02 bits per heavy atom. The molecule has 228 valence electrons. The summed E-state index contributed by atoms with van der Waals surface area (Å²) in [5.74, 6) is 0.221. The fraction of sp³-hybridized carbons (Fsp3) is 0.394. The van der Waals surface area contributed by atoms with Crippen LogP contribution in [0.5, 0.6) is 5.75 Å². The van der Waals surface area contributed by atoms with Gasteiger partial charge in [0.15, 0.2) is 0 Å². The highest BCUT2D eigenvalue weighted by atomic mass is 19.3. The summed E-state index contributed by atoms with van der Waals surface area (Å²) in [6.07, 6.45) is 3.17.